The number of hydrogen-bond donors (Lipinski definition) is 0. The van der Waals surface area contributed by atoms with Crippen molar-refractivity contribution in [2.24, 2.45) is 0 Å². The third-order valence-electron chi connectivity index (χ3n) is 5.78. The molecule has 1 saturated heterocycles. The monoisotopic (exact) mass is 407 g/mol. The molecule has 2 heterocycles. The van der Waals surface area contributed by atoms with Gasteiger partial charge in [0, 0.05) is 24.2 Å². The van der Waals surface area contributed by atoms with E-state index in [0.717, 1.165) is 18.5 Å². The Hall–Kier alpha value is -1.73. The van der Waals surface area contributed by atoms with Crippen LogP contribution in [0.3, 0.4) is 0 Å². The van der Waals surface area contributed by atoms with Crippen LogP contribution in [0.5, 0.6) is 0 Å². The first kappa shape index (κ1) is 21.0. The van der Waals surface area contributed by atoms with Crippen LogP contribution in [0.4, 0.5) is 4.39 Å². The highest BCUT2D eigenvalue weighted by atomic mass is 32.2. The molecule has 154 valence electrons. The minimum Gasteiger partial charge on any atom is -0.313 e. The van der Waals surface area contributed by atoms with Crippen LogP contribution in [0.1, 0.15) is 58.2 Å². The van der Waals surface area contributed by atoms with Crippen molar-refractivity contribution in [1.29, 1.82) is 0 Å². The zero-order valence-electron chi connectivity index (χ0n) is 17.1. The van der Waals surface area contributed by atoms with Gasteiger partial charge in [-0.15, -0.1) is 0 Å². The second kappa shape index (κ2) is 8.33. The second-order valence-electron chi connectivity index (χ2n) is 8.10. The number of piperidine rings is 1. The minimum atomic E-state index is -3.58. The molecule has 0 radical (unpaired) electrons. The molecule has 2 atom stereocenters. The zero-order chi connectivity index (χ0) is 20.5. The molecule has 3 rings (SSSR count). The van der Waals surface area contributed by atoms with Crippen LogP contribution in [-0.2, 0) is 22.9 Å². The van der Waals surface area contributed by atoms with Crippen molar-refractivity contribution in [3.63, 3.8) is 0 Å². The van der Waals surface area contributed by atoms with Crippen molar-refractivity contribution in [2.45, 2.75) is 82.5 Å². The molecule has 28 heavy (non-hydrogen) atoms. The molecule has 7 heteroatoms. The van der Waals surface area contributed by atoms with Crippen LogP contribution in [-0.4, -0.2) is 40.2 Å². The minimum absolute atomic E-state index is 0.0260. The molecule has 1 fully saturated rings. The number of halogens is 1. The van der Waals surface area contributed by atoms with E-state index in [2.05, 4.69) is 23.7 Å². The average molecular weight is 408 g/mol. The standard InChI is InChI=1S/C21H30FN3O2S/c1-15(2)28(26,27)21-23-12-19(14-24-16(3)8-7-9-17(24)4)25(21)13-18-10-5-6-11-20(18)22/h5-6,10-12,15-17H,7-9,13-14H2,1-4H3/t16-,17+. The van der Waals surface area contributed by atoms with E-state index in [-0.39, 0.29) is 17.5 Å². The smallest absolute Gasteiger partial charge is 0.228 e. The number of benzene rings is 1. The molecular formula is C21H30FN3O2S. The molecule has 2 aromatic rings. The fraction of sp³-hybridized carbons (Fsp3) is 0.571. The molecule has 0 saturated carbocycles. The molecule has 0 amide bonds. The topological polar surface area (TPSA) is 55.2 Å². The van der Waals surface area contributed by atoms with Crippen molar-refractivity contribution < 1.29 is 12.8 Å². The quantitative estimate of drug-likeness (QED) is 0.726. The van der Waals surface area contributed by atoms with Crippen molar-refractivity contribution in [3.8, 4) is 0 Å². The van der Waals surface area contributed by atoms with Gasteiger partial charge in [0.2, 0.25) is 15.0 Å². The molecule has 0 N–H and O–H groups in total. The highest BCUT2D eigenvalue weighted by Gasteiger charge is 2.30. The Morgan fingerprint density at radius 1 is 1.14 bits per heavy atom. The average Bonchev–Trinajstić information content (AvgIpc) is 3.03. The molecule has 0 spiro atoms. The third-order valence-corrected chi connectivity index (χ3v) is 7.86. The maximum Gasteiger partial charge on any atom is 0.228 e. The summed E-state index contributed by atoms with van der Waals surface area (Å²) >= 11 is 0. The fourth-order valence-corrected chi connectivity index (χ4v) is 5.01. The first-order chi connectivity index (χ1) is 13.2. The maximum atomic E-state index is 14.3. The van der Waals surface area contributed by atoms with Crippen molar-refractivity contribution >= 4 is 9.84 Å². The predicted octanol–water partition coefficient (Wildman–Crippen LogP) is 4.02. The molecule has 1 aliphatic heterocycles. The predicted molar refractivity (Wildman–Crippen MR) is 108 cm³/mol. The van der Waals surface area contributed by atoms with Gasteiger partial charge in [-0.25, -0.2) is 17.8 Å². The Bertz CT molecular complexity index is 913. The summed E-state index contributed by atoms with van der Waals surface area (Å²) in [6.45, 7) is 8.47. The van der Waals surface area contributed by atoms with E-state index in [1.54, 1.807) is 42.8 Å². The van der Waals surface area contributed by atoms with E-state index >= 15 is 0 Å². The van der Waals surface area contributed by atoms with Crippen LogP contribution in [0, 0.1) is 5.82 Å². The fourth-order valence-electron chi connectivity index (χ4n) is 3.90. The number of imidazole rings is 1. The van der Waals surface area contributed by atoms with Gasteiger partial charge in [0.1, 0.15) is 5.82 Å². The van der Waals surface area contributed by atoms with Crippen molar-refractivity contribution in [1.82, 2.24) is 14.5 Å². The van der Waals surface area contributed by atoms with Crippen LogP contribution in [0.25, 0.3) is 0 Å². The molecule has 1 aromatic heterocycles. The Morgan fingerprint density at radius 3 is 2.39 bits per heavy atom. The van der Waals surface area contributed by atoms with Gasteiger partial charge in [-0.05, 0) is 46.6 Å². The molecule has 1 aromatic carbocycles. The molecule has 0 unspecified atom stereocenters. The summed E-state index contributed by atoms with van der Waals surface area (Å²) < 4.78 is 41.7. The van der Waals surface area contributed by atoms with Gasteiger partial charge in [0.05, 0.1) is 23.7 Å². The van der Waals surface area contributed by atoms with Crippen LogP contribution in [0.15, 0.2) is 35.6 Å². The number of aromatic nitrogens is 2. The Morgan fingerprint density at radius 2 is 1.79 bits per heavy atom. The van der Waals surface area contributed by atoms with Crippen LogP contribution < -0.4 is 0 Å². The van der Waals surface area contributed by atoms with Gasteiger partial charge in [-0.3, -0.25) is 4.90 Å². The molecular weight excluding hydrogens is 377 g/mol. The summed E-state index contributed by atoms with van der Waals surface area (Å²) in [5.41, 5.74) is 1.27. The summed E-state index contributed by atoms with van der Waals surface area (Å²) in [6, 6.07) is 7.34. The van der Waals surface area contributed by atoms with E-state index in [9.17, 15) is 12.8 Å². The largest absolute Gasteiger partial charge is 0.313 e. The van der Waals surface area contributed by atoms with E-state index in [0.29, 0.717) is 24.2 Å². The molecule has 0 bridgehead atoms. The summed E-state index contributed by atoms with van der Waals surface area (Å²) in [5.74, 6) is -0.338. The number of sulfone groups is 1. The van der Waals surface area contributed by atoms with E-state index < -0.39 is 15.1 Å². The lowest BCUT2D eigenvalue weighted by molar-refractivity contribution is 0.0923. The van der Waals surface area contributed by atoms with Crippen LogP contribution in [0.2, 0.25) is 0 Å². The lowest BCUT2D eigenvalue weighted by Crippen LogP contribution is -2.43. The third kappa shape index (κ3) is 4.15. The normalized spacial score (nSPS) is 21.4. The SMILES string of the molecule is CC(C)S(=O)(=O)c1ncc(CN2[C@H](C)CCC[C@@H]2C)n1Cc1ccccc1F. The van der Waals surface area contributed by atoms with Gasteiger partial charge in [-0.2, -0.15) is 0 Å². The highest BCUT2D eigenvalue weighted by molar-refractivity contribution is 7.91. The van der Waals surface area contributed by atoms with Gasteiger partial charge in [0.25, 0.3) is 0 Å². The molecule has 0 aliphatic carbocycles. The maximum absolute atomic E-state index is 14.3. The van der Waals surface area contributed by atoms with Gasteiger partial charge in [0.15, 0.2) is 0 Å². The number of rotatable bonds is 6. The van der Waals surface area contributed by atoms with Crippen molar-refractivity contribution in [3.05, 3.63) is 47.5 Å². The Kier molecular flexibility index (Phi) is 6.25. The molecule has 5 nitrogen and oxygen atoms in total. The van der Waals surface area contributed by atoms with E-state index in [4.69, 9.17) is 0 Å². The number of hydrogen-bond acceptors (Lipinski definition) is 4. The van der Waals surface area contributed by atoms with Gasteiger partial charge < -0.3 is 4.57 Å². The Labute approximate surface area is 167 Å². The molecule has 1 aliphatic rings. The Balaban J connectivity index is 2.03. The van der Waals surface area contributed by atoms with Gasteiger partial charge in [-0.1, -0.05) is 24.6 Å². The van der Waals surface area contributed by atoms with Gasteiger partial charge >= 0.3 is 0 Å². The summed E-state index contributed by atoms with van der Waals surface area (Å²) in [4.78, 5) is 6.67. The van der Waals surface area contributed by atoms with E-state index in [1.165, 1.54) is 12.5 Å². The number of nitrogens with zero attached hydrogens (tertiary/aromatic N) is 3. The van der Waals surface area contributed by atoms with Crippen LogP contribution >= 0.6 is 0 Å². The zero-order valence-corrected chi connectivity index (χ0v) is 17.9. The first-order valence-electron chi connectivity index (χ1n) is 9.99. The lowest BCUT2D eigenvalue weighted by Gasteiger charge is -2.39. The number of likely N-dealkylation sites (tertiary alicyclic amines) is 1. The highest BCUT2D eigenvalue weighted by Crippen LogP contribution is 2.27. The van der Waals surface area contributed by atoms with E-state index in [1.807, 2.05) is 0 Å². The first-order valence-corrected chi connectivity index (χ1v) is 11.5. The summed E-state index contributed by atoms with van der Waals surface area (Å²) in [5, 5.41) is -0.562. The lowest BCUT2D eigenvalue weighted by atomic mass is 9.97. The summed E-state index contributed by atoms with van der Waals surface area (Å²) in [7, 11) is -3.58. The second-order valence-corrected chi connectivity index (χ2v) is 10.5. The van der Waals surface area contributed by atoms with Crippen molar-refractivity contribution in [2.75, 3.05) is 0 Å². The summed E-state index contributed by atoms with van der Waals surface area (Å²) in [6.07, 6.45) is 5.11.